The maximum absolute atomic E-state index is 4.08. The zero-order chi connectivity index (χ0) is 8.40. The number of hydrogen-bond acceptors (Lipinski definition) is 0. The van der Waals surface area contributed by atoms with Crippen LogP contribution in [-0.2, 0) is 0 Å². The molecular formula is C12H18. The molecular weight excluding hydrogens is 144 g/mol. The van der Waals surface area contributed by atoms with Crippen molar-refractivity contribution in [3.63, 3.8) is 0 Å². The normalized spacial score (nSPS) is 61.1. The van der Waals surface area contributed by atoms with E-state index in [4.69, 9.17) is 0 Å². The van der Waals surface area contributed by atoms with E-state index in [2.05, 4.69) is 19.6 Å². The second-order valence-electron chi connectivity index (χ2n) is 5.71. The summed E-state index contributed by atoms with van der Waals surface area (Å²) in [5.74, 6) is 2.11. The Morgan fingerprint density at radius 2 is 1.75 bits per heavy atom. The van der Waals surface area contributed by atoms with Crippen LogP contribution < -0.4 is 0 Å². The van der Waals surface area contributed by atoms with Crippen molar-refractivity contribution >= 4 is 0 Å². The summed E-state index contributed by atoms with van der Waals surface area (Å²) in [4.78, 5) is 0. The molecule has 0 heteroatoms. The van der Waals surface area contributed by atoms with E-state index in [0.29, 0.717) is 10.8 Å². The molecule has 4 saturated carbocycles. The molecule has 0 N–H and O–H groups in total. The first-order valence-electron chi connectivity index (χ1n) is 5.31. The topological polar surface area (TPSA) is 0 Å². The summed E-state index contributed by atoms with van der Waals surface area (Å²) in [6.07, 6.45) is 9.75. The molecule has 0 aromatic rings. The predicted octanol–water partition coefficient (Wildman–Crippen LogP) is 3.39. The Labute approximate surface area is 75.0 Å². The number of allylic oxidation sites excluding steroid dienone is 1. The van der Waals surface area contributed by atoms with Gasteiger partial charge in [-0.25, -0.2) is 0 Å². The molecule has 2 atom stereocenters. The first-order chi connectivity index (χ1) is 5.67. The average molecular weight is 162 g/mol. The van der Waals surface area contributed by atoms with Crippen molar-refractivity contribution in [1.29, 1.82) is 0 Å². The largest absolute Gasteiger partial charge is 0.103 e. The minimum atomic E-state index is 0.570. The van der Waals surface area contributed by atoms with Gasteiger partial charge < -0.3 is 0 Å². The van der Waals surface area contributed by atoms with Gasteiger partial charge in [-0.15, -0.1) is 6.58 Å². The molecule has 2 unspecified atom stereocenters. The summed E-state index contributed by atoms with van der Waals surface area (Å²) in [5, 5.41) is 0. The van der Waals surface area contributed by atoms with Crippen LogP contribution in [0.25, 0.3) is 0 Å². The van der Waals surface area contributed by atoms with E-state index in [1.54, 1.807) is 0 Å². The second-order valence-corrected chi connectivity index (χ2v) is 5.71. The lowest BCUT2D eigenvalue weighted by molar-refractivity contribution is 0.190. The Hall–Kier alpha value is -0.260. The Bertz CT molecular complexity index is 224. The van der Waals surface area contributed by atoms with Gasteiger partial charge in [-0.05, 0) is 54.8 Å². The molecule has 0 radical (unpaired) electrons. The molecule has 0 heterocycles. The molecule has 4 aliphatic rings. The zero-order valence-corrected chi connectivity index (χ0v) is 7.97. The van der Waals surface area contributed by atoms with Crippen molar-refractivity contribution in [3.8, 4) is 0 Å². The maximum Gasteiger partial charge on any atom is -0.00617 e. The van der Waals surface area contributed by atoms with Crippen molar-refractivity contribution in [2.75, 3.05) is 0 Å². The van der Waals surface area contributed by atoms with Crippen LogP contribution in [0.3, 0.4) is 0 Å². The van der Waals surface area contributed by atoms with Gasteiger partial charge in [-0.3, -0.25) is 0 Å². The second kappa shape index (κ2) is 1.81. The van der Waals surface area contributed by atoms with Gasteiger partial charge in [0.25, 0.3) is 0 Å². The van der Waals surface area contributed by atoms with Gasteiger partial charge in [-0.1, -0.05) is 13.0 Å². The highest BCUT2D eigenvalue weighted by atomic mass is 14.7. The van der Waals surface area contributed by atoms with Gasteiger partial charge in [-0.2, -0.15) is 0 Å². The van der Waals surface area contributed by atoms with Crippen LogP contribution in [0.1, 0.15) is 39.0 Å². The molecule has 0 saturated heterocycles. The summed E-state index contributed by atoms with van der Waals surface area (Å²) < 4.78 is 0. The lowest BCUT2D eigenvalue weighted by atomic mass is 9.69. The van der Waals surface area contributed by atoms with E-state index < -0.39 is 0 Å². The van der Waals surface area contributed by atoms with Crippen LogP contribution in [0.5, 0.6) is 0 Å². The highest BCUT2D eigenvalue weighted by Crippen LogP contribution is 2.72. The maximum atomic E-state index is 4.08. The quantitative estimate of drug-likeness (QED) is 0.518. The summed E-state index contributed by atoms with van der Waals surface area (Å²) in [5.41, 5.74) is 1.23. The van der Waals surface area contributed by atoms with E-state index in [1.165, 1.54) is 32.1 Å². The molecule has 0 aliphatic heterocycles. The fourth-order valence-corrected chi connectivity index (χ4v) is 4.73. The lowest BCUT2D eigenvalue weighted by Crippen LogP contribution is -2.26. The zero-order valence-electron chi connectivity index (χ0n) is 7.97. The fraction of sp³-hybridized carbons (Fsp3) is 0.833. The summed E-state index contributed by atoms with van der Waals surface area (Å²) in [6.45, 7) is 6.58. The SMILES string of the molecule is C=CC12CC3CC(CC1(C)C3)C2. The Morgan fingerprint density at radius 1 is 1.17 bits per heavy atom. The molecule has 0 spiro atoms. The predicted molar refractivity (Wildman–Crippen MR) is 50.8 cm³/mol. The Kier molecular flexibility index (Phi) is 1.08. The van der Waals surface area contributed by atoms with Crippen molar-refractivity contribution in [3.05, 3.63) is 12.7 Å². The van der Waals surface area contributed by atoms with Gasteiger partial charge in [0.05, 0.1) is 0 Å². The third-order valence-electron chi connectivity index (χ3n) is 5.04. The number of rotatable bonds is 1. The van der Waals surface area contributed by atoms with E-state index >= 15 is 0 Å². The molecule has 0 aromatic heterocycles. The van der Waals surface area contributed by atoms with Gasteiger partial charge in [0.15, 0.2) is 0 Å². The summed E-state index contributed by atoms with van der Waals surface area (Å²) in [7, 11) is 0. The molecule has 0 amide bonds. The standard InChI is InChI=1S/C12H18/c1-3-12-7-9-4-10(8-12)6-11(12,2)5-9/h3,9-10H,1,4-8H2,2H3. The fourth-order valence-electron chi connectivity index (χ4n) is 4.73. The summed E-state index contributed by atoms with van der Waals surface area (Å²) >= 11 is 0. The third-order valence-corrected chi connectivity index (χ3v) is 5.04. The van der Waals surface area contributed by atoms with Crippen LogP contribution >= 0.6 is 0 Å². The average Bonchev–Trinajstić information content (AvgIpc) is 2.30. The minimum Gasteiger partial charge on any atom is -0.103 e. The third kappa shape index (κ3) is 0.582. The van der Waals surface area contributed by atoms with Crippen LogP contribution in [0.4, 0.5) is 0 Å². The van der Waals surface area contributed by atoms with E-state index in [1.807, 2.05) is 0 Å². The van der Waals surface area contributed by atoms with Crippen molar-refractivity contribution in [2.24, 2.45) is 22.7 Å². The molecule has 4 aliphatic carbocycles. The molecule has 4 bridgehead atoms. The smallest absolute Gasteiger partial charge is 0.00617 e. The van der Waals surface area contributed by atoms with E-state index in [0.717, 1.165) is 11.8 Å². The van der Waals surface area contributed by atoms with Crippen LogP contribution in [0.2, 0.25) is 0 Å². The molecule has 4 fully saturated rings. The van der Waals surface area contributed by atoms with Gasteiger partial charge >= 0.3 is 0 Å². The highest BCUT2D eigenvalue weighted by molar-refractivity contribution is 5.19. The summed E-state index contributed by atoms with van der Waals surface area (Å²) in [6, 6.07) is 0. The molecule has 12 heavy (non-hydrogen) atoms. The Morgan fingerprint density at radius 3 is 2.17 bits per heavy atom. The van der Waals surface area contributed by atoms with Crippen molar-refractivity contribution < 1.29 is 0 Å². The van der Waals surface area contributed by atoms with E-state index in [-0.39, 0.29) is 0 Å². The lowest BCUT2D eigenvalue weighted by Gasteiger charge is -2.35. The number of hydrogen-bond donors (Lipinski definition) is 0. The molecule has 0 aromatic carbocycles. The van der Waals surface area contributed by atoms with Gasteiger partial charge in [0.1, 0.15) is 0 Å². The van der Waals surface area contributed by atoms with Crippen molar-refractivity contribution in [2.45, 2.75) is 39.0 Å². The van der Waals surface area contributed by atoms with Crippen LogP contribution in [0.15, 0.2) is 12.7 Å². The van der Waals surface area contributed by atoms with Crippen molar-refractivity contribution in [1.82, 2.24) is 0 Å². The van der Waals surface area contributed by atoms with Gasteiger partial charge in [0.2, 0.25) is 0 Å². The van der Waals surface area contributed by atoms with Gasteiger partial charge in [0, 0.05) is 0 Å². The van der Waals surface area contributed by atoms with Crippen LogP contribution in [-0.4, -0.2) is 0 Å². The van der Waals surface area contributed by atoms with Crippen LogP contribution in [0, 0.1) is 22.7 Å². The minimum absolute atomic E-state index is 0.570. The monoisotopic (exact) mass is 162 g/mol. The molecule has 66 valence electrons. The molecule has 0 nitrogen and oxygen atoms in total. The molecule has 4 rings (SSSR count). The highest BCUT2D eigenvalue weighted by Gasteiger charge is 2.62. The first-order valence-corrected chi connectivity index (χ1v) is 5.31. The van der Waals surface area contributed by atoms with E-state index in [9.17, 15) is 0 Å². The first kappa shape index (κ1) is 7.17. The Balaban J connectivity index is 2.11.